The third-order valence-corrected chi connectivity index (χ3v) is 4.72. The molecular weight excluding hydrogens is 332 g/mol. The Hall–Kier alpha value is -2.70. The summed E-state index contributed by atoms with van der Waals surface area (Å²) in [4.78, 5) is 39.9. The molecule has 0 radical (unpaired) electrons. The third-order valence-electron chi connectivity index (χ3n) is 4.72. The average Bonchev–Trinajstić information content (AvgIpc) is 2.88. The zero-order valence-electron chi connectivity index (χ0n) is 15.0. The van der Waals surface area contributed by atoms with Crippen LogP contribution >= 0.6 is 0 Å². The quantitative estimate of drug-likeness (QED) is 0.872. The number of amides is 3. The van der Waals surface area contributed by atoms with E-state index in [0.717, 1.165) is 17.5 Å². The monoisotopic (exact) mass is 356 g/mol. The van der Waals surface area contributed by atoms with Crippen molar-refractivity contribution in [3.63, 3.8) is 0 Å². The lowest BCUT2D eigenvalue weighted by molar-refractivity contribution is -0.131. The Morgan fingerprint density at radius 2 is 1.88 bits per heavy atom. The minimum absolute atomic E-state index is 0.0900. The van der Waals surface area contributed by atoms with Crippen LogP contribution in [0.1, 0.15) is 30.4 Å². The molecular formula is C19H24N4O3. The van der Waals surface area contributed by atoms with Crippen molar-refractivity contribution >= 4 is 23.4 Å². The molecule has 0 aromatic heterocycles. The predicted molar refractivity (Wildman–Crippen MR) is 97.5 cm³/mol. The SMILES string of the molecule is Cc1cccc(CC(=O)N2CCCN(C(=O)C3=NNC(=O)CC3)CC2)c1. The molecule has 7 nitrogen and oxygen atoms in total. The highest BCUT2D eigenvalue weighted by Crippen LogP contribution is 2.11. The Morgan fingerprint density at radius 3 is 2.62 bits per heavy atom. The lowest BCUT2D eigenvalue weighted by Gasteiger charge is -2.23. The smallest absolute Gasteiger partial charge is 0.270 e. The average molecular weight is 356 g/mol. The molecule has 0 unspecified atom stereocenters. The summed E-state index contributed by atoms with van der Waals surface area (Å²) >= 11 is 0. The summed E-state index contributed by atoms with van der Waals surface area (Å²) in [6, 6.07) is 7.97. The van der Waals surface area contributed by atoms with Crippen molar-refractivity contribution in [1.29, 1.82) is 0 Å². The molecule has 0 bridgehead atoms. The first-order valence-corrected chi connectivity index (χ1v) is 9.01. The van der Waals surface area contributed by atoms with Crippen molar-refractivity contribution < 1.29 is 14.4 Å². The van der Waals surface area contributed by atoms with E-state index in [1.54, 1.807) is 4.90 Å². The number of nitrogens with one attached hydrogen (secondary N) is 1. The van der Waals surface area contributed by atoms with Gasteiger partial charge >= 0.3 is 0 Å². The van der Waals surface area contributed by atoms with Gasteiger partial charge < -0.3 is 9.80 Å². The summed E-state index contributed by atoms with van der Waals surface area (Å²) in [5.74, 6) is -0.213. The van der Waals surface area contributed by atoms with Gasteiger partial charge in [0.15, 0.2) is 0 Å². The van der Waals surface area contributed by atoms with Crippen LogP contribution < -0.4 is 5.43 Å². The normalized spacial score (nSPS) is 18.0. The van der Waals surface area contributed by atoms with Crippen LogP contribution in [0.4, 0.5) is 0 Å². The van der Waals surface area contributed by atoms with E-state index in [9.17, 15) is 14.4 Å². The Kier molecular flexibility index (Phi) is 5.65. The van der Waals surface area contributed by atoms with Crippen molar-refractivity contribution in [1.82, 2.24) is 15.2 Å². The summed E-state index contributed by atoms with van der Waals surface area (Å²) in [7, 11) is 0. The largest absolute Gasteiger partial charge is 0.341 e. The van der Waals surface area contributed by atoms with E-state index < -0.39 is 0 Å². The molecule has 2 aliphatic heterocycles. The molecule has 138 valence electrons. The standard InChI is InChI=1S/C19H24N4O3/c1-14-4-2-5-15(12-14)13-18(25)22-8-3-9-23(11-10-22)19(26)16-6-7-17(24)21-20-16/h2,4-5,12H,3,6-11,13H2,1H3,(H,21,24). The molecule has 3 amide bonds. The molecule has 0 saturated carbocycles. The first-order valence-electron chi connectivity index (χ1n) is 9.01. The van der Waals surface area contributed by atoms with Gasteiger partial charge in [-0.25, -0.2) is 5.43 Å². The minimum Gasteiger partial charge on any atom is -0.341 e. The number of hydrazone groups is 1. The number of aryl methyl sites for hydroxylation is 1. The fourth-order valence-corrected chi connectivity index (χ4v) is 3.29. The van der Waals surface area contributed by atoms with Crippen molar-refractivity contribution in [3.05, 3.63) is 35.4 Å². The summed E-state index contributed by atoms with van der Waals surface area (Å²) < 4.78 is 0. The van der Waals surface area contributed by atoms with E-state index in [1.807, 2.05) is 36.1 Å². The zero-order valence-corrected chi connectivity index (χ0v) is 15.0. The van der Waals surface area contributed by atoms with Gasteiger partial charge in [-0.15, -0.1) is 0 Å². The number of hydrogen-bond donors (Lipinski definition) is 1. The van der Waals surface area contributed by atoms with Crippen LogP contribution in [0.2, 0.25) is 0 Å². The van der Waals surface area contributed by atoms with Gasteiger partial charge in [0.25, 0.3) is 5.91 Å². The highest BCUT2D eigenvalue weighted by Gasteiger charge is 2.26. The van der Waals surface area contributed by atoms with Gasteiger partial charge in [-0.05, 0) is 18.9 Å². The highest BCUT2D eigenvalue weighted by atomic mass is 16.2. The van der Waals surface area contributed by atoms with Gasteiger partial charge in [-0.2, -0.15) is 5.10 Å². The second-order valence-electron chi connectivity index (χ2n) is 6.79. The Labute approximate surface area is 153 Å². The molecule has 0 atom stereocenters. The van der Waals surface area contributed by atoms with Crippen LogP contribution in [0, 0.1) is 6.92 Å². The van der Waals surface area contributed by atoms with E-state index in [0.29, 0.717) is 51.2 Å². The number of nitrogens with zero attached hydrogens (tertiary/aromatic N) is 3. The molecule has 7 heteroatoms. The van der Waals surface area contributed by atoms with E-state index in [2.05, 4.69) is 10.5 Å². The first-order chi connectivity index (χ1) is 12.5. The molecule has 3 rings (SSSR count). The molecule has 1 fully saturated rings. The number of rotatable bonds is 3. The maximum absolute atomic E-state index is 12.6. The van der Waals surface area contributed by atoms with Crippen LogP contribution in [0.15, 0.2) is 29.4 Å². The van der Waals surface area contributed by atoms with Crippen LogP contribution in [0.5, 0.6) is 0 Å². The summed E-state index contributed by atoms with van der Waals surface area (Å²) in [6.45, 7) is 4.28. The predicted octanol–water partition coefficient (Wildman–Crippen LogP) is 0.864. The second-order valence-corrected chi connectivity index (χ2v) is 6.79. The fraction of sp³-hybridized carbons (Fsp3) is 0.474. The maximum Gasteiger partial charge on any atom is 0.270 e. The van der Waals surface area contributed by atoms with Gasteiger partial charge in [0.1, 0.15) is 5.71 Å². The molecule has 0 spiro atoms. The molecule has 26 heavy (non-hydrogen) atoms. The maximum atomic E-state index is 12.6. The molecule has 1 saturated heterocycles. The van der Waals surface area contributed by atoms with Crippen molar-refractivity contribution in [3.8, 4) is 0 Å². The molecule has 2 aliphatic rings. The number of carbonyl (C=O) groups is 3. The van der Waals surface area contributed by atoms with Crippen molar-refractivity contribution in [2.24, 2.45) is 5.10 Å². The Balaban J connectivity index is 1.56. The van der Waals surface area contributed by atoms with E-state index in [-0.39, 0.29) is 17.7 Å². The summed E-state index contributed by atoms with van der Waals surface area (Å²) in [6.07, 6.45) is 1.79. The van der Waals surface area contributed by atoms with Crippen molar-refractivity contribution in [2.45, 2.75) is 32.6 Å². The molecule has 1 aromatic rings. The molecule has 2 heterocycles. The van der Waals surface area contributed by atoms with Crippen LogP contribution in [0.25, 0.3) is 0 Å². The lowest BCUT2D eigenvalue weighted by atomic mass is 10.1. The number of benzene rings is 1. The molecule has 0 aliphatic carbocycles. The number of hydrogen-bond acceptors (Lipinski definition) is 4. The molecule has 1 aromatic carbocycles. The number of carbonyl (C=O) groups excluding carboxylic acids is 3. The Morgan fingerprint density at radius 1 is 1.12 bits per heavy atom. The summed E-state index contributed by atoms with van der Waals surface area (Å²) in [5, 5.41) is 3.88. The van der Waals surface area contributed by atoms with Crippen LogP contribution in [0.3, 0.4) is 0 Å². The highest BCUT2D eigenvalue weighted by molar-refractivity contribution is 6.39. The van der Waals surface area contributed by atoms with E-state index in [4.69, 9.17) is 0 Å². The minimum atomic E-state index is -0.162. The lowest BCUT2D eigenvalue weighted by Crippen LogP contribution is -2.42. The van der Waals surface area contributed by atoms with Crippen LogP contribution in [-0.2, 0) is 20.8 Å². The van der Waals surface area contributed by atoms with Gasteiger partial charge in [0.05, 0.1) is 6.42 Å². The van der Waals surface area contributed by atoms with Gasteiger partial charge in [-0.3, -0.25) is 14.4 Å². The molecule has 1 N–H and O–H groups in total. The van der Waals surface area contributed by atoms with Gasteiger partial charge in [0, 0.05) is 39.0 Å². The van der Waals surface area contributed by atoms with Gasteiger partial charge in [-0.1, -0.05) is 29.8 Å². The Bertz CT molecular complexity index is 744. The van der Waals surface area contributed by atoms with E-state index in [1.165, 1.54) is 0 Å². The van der Waals surface area contributed by atoms with Crippen molar-refractivity contribution in [2.75, 3.05) is 26.2 Å². The zero-order chi connectivity index (χ0) is 18.5. The first kappa shape index (κ1) is 18.1. The summed E-state index contributed by atoms with van der Waals surface area (Å²) in [5.41, 5.74) is 4.91. The fourth-order valence-electron chi connectivity index (χ4n) is 3.29. The van der Waals surface area contributed by atoms with E-state index >= 15 is 0 Å². The van der Waals surface area contributed by atoms with Gasteiger partial charge in [0.2, 0.25) is 11.8 Å². The van der Waals surface area contributed by atoms with Crippen LogP contribution in [-0.4, -0.2) is 59.4 Å². The third kappa shape index (κ3) is 4.47. The topological polar surface area (TPSA) is 82.1 Å². The second kappa shape index (κ2) is 8.12.